The molecule has 1 rings (SSSR count). The number of hydrogen-bond acceptors (Lipinski definition) is 4. The molecule has 0 spiro atoms. The molecule has 0 radical (unpaired) electrons. The van der Waals surface area contributed by atoms with Gasteiger partial charge in [-0.05, 0) is 13.1 Å². The molecular weight excluding hydrogens is 208 g/mol. The summed E-state index contributed by atoms with van der Waals surface area (Å²) in [5.41, 5.74) is 5.77. The summed E-state index contributed by atoms with van der Waals surface area (Å²) < 4.78 is 4.99. The first-order valence-electron chi connectivity index (χ1n) is 4.86. The molecule has 0 bridgehead atoms. The Kier molecular flexibility index (Phi) is 4.13. The van der Waals surface area contributed by atoms with Gasteiger partial charge in [0, 0.05) is 12.1 Å². The zero-order valence-corrected chi connectivity index (χ0v) is 9.43. The van der Waals surface area contributed by atoms with Crippen molar-refractivity contribution in [3.8, 4) is 11.5 Å². The van der Waals surface area contributed by atoms with Crippen molar-refractivity contribution in [3.05, 3.63) is 23.8 Å². The van der Waals surface area contributed by atoms with Gasteiger partial charge in [-0.2, -0.15) is 0 Å². The van der Waals surface area contributed by atoms with E-state index in [2.05, 4.69) is 0 Å². The van der Waals surface area contributed by atoms with Crippen LogP contribution in [0.25, 0.3) is 0 Å². The van der Waals surface area contributed by atoms with Gasteiger partial charge in [-0.1, -0.05) is 12.1 Å². The Bertz CT molecular complexity index is 379. The fourth-order valence-corrected chi connectivity index (χ4v) is 1.47. The summed E-state index contributed by atoms with van der Waals surface area (Å²) in [6.07, 6.45) is 0. The van der Waals surface area contributed by atoms with Gasteiger partial charge in [0.1, 0.15) is 0 Å². The highest BCUT2D eigenvalue weighted by Gasteiger charge is 2.10. The number of phenolic OH excluding ortho intramolecular Hbond substituents is 1. The summed E-state index contributed by atoms with van der Waals surface area (Å²) in [5.74, 6) is 0.121. The van der Waals surface area contributed by atoms with Crippen LogP contribution in [0.15, 0.2) is 18.2 Å². The lowest BCUT2D eigenvalue weighted by Gasteiger charge is -2.16. The van der Waals surface area contributed by atoms with E-state index in [-0.39, 0.29) is 12.3 Å². The molecule has 0 aliphatic carbocycles. The highest BCUT2D eigenvalue weighted by molar-refractivity contribution is 5.75. The summed E-state index contributed by atoms with van der Waals surface area (Å²) in [4.78, 5) is 12.4. The highest BCUT2D eigenvalue weighted by Crippen LogP contribution is 2.29. The number of rotatable bonds is 5. The van der Waals surface area contributed by atoms with Crippen LogP contribution in [0, 0.1) is 0 Å². The molecule has 0 aromatic heterocycles. The van der Waals surface area contributed by atoms with Crippen molar-refractivity contribution in [3.63, 3.8) is 0 Å². The molecule has 0 fully saturated rings. The zero-order chi connectivity index (χ0) is 12.1. The molecule has 0 heterocycles. The molecule has 5 nitrogen and oxygen atoms in total. The second-order valence-corrected chi connectivity index (χ2v) is 3.61. The first-order valence-corrected chi connectivity index (χ1v) is 4.86. The van der Waals surface area contributed by atoms with Crippen LogP contribution in [0.1, 0.15) is 5.56 Å². The smallest absolute Gasteiger partial charge is 0.231 e. The van der Waals surface area contributed by atoms with Crippen molar-refractivity contribution in [2.24, 2.45) is 5.73 Å². The normalized spacial score (nSPS) is 10.4. The lowest BCUT2D eigenvalue weighted by molar-refractivity contribution is -0.118. The number of aromatic hydroxyl groups is 1. The molecule has 16 heavy (non-hydrogen) atoms. The van der Waals surface area contributed by atoms with E-state index in [4.69, 9.17) is 10.5 Å². The van der Waals surface area contributed by atoms with E-state index in [0.29, 0.717) is 17.9 Å². The number of primary amides is 1. The summed E-state index contributed by atoms with van der Waals surface area (Å²) in [6.45, 7) is 0.586. The monoisotopic (exact) mass is 224 g/mol. The third-order valence-electron chi connectivity index (χ3n) is 2.17. The molecule has 0 aliphatic rings. The van der Waals surface area contributed by atoms with E-state index in [1.54, 1.807) is 30.1 Å². The minimum Gasteiger partial charge on any atom is -0.504 e. The number of phenols is 1. The Morgan fingerprint density at radius 3 is 2.81 bits per heavy atom. The van der Waals surface area contributed by atoms with Gasteiger partial charge >= 0.3 is 0 Å². The molecule has 1 aromatic rings. The standard InChI is InChI=1S/C11H16N2O3/c1-13(7-10(12)14)6-8-4-3-5-9(16-2)11(8)15/h3-5,15H,6-7H2,1-2H3,(H2,12,14). The van der Waals surface area contributed by atoms with E-state index in [9.17, 15) is 9.90 Å². The maximum Gasteiger partial charge on any atom is 0.231 e. The lowest BCUT2D eigenvalue weighted by atomic mass is 10.1. The molecule has 0 unspecified atom stereocenters. The van der Waals surface area contributed by atoms with Crippen LogP contribution >= 0.6 is 0 Å². The van der Waals surface area contributed by atoms with E-state index >= 15 is 0 Å². The van der Waals surface area contributed by atoms with Gasteiger partial charge in [-0.25, -0.2) is 0 Å². The van der Waals surface area contributed by atoms with Gasteiger partial charge in [0.05, 0.1) is 13.7 Å². The van der Waals surface area contributed by atoms with Crippen LogP contribution in [0.3, 0.4) is 0 Å². The van der Waals surface area contributed by atoms with E-state index in [1.165, 1.54) is 7.11 Å². The zero-order valence-electron chi connectivity index (χ0n) is 9.43. The Hall–Kier alpha value is -1.75. The van der Waals surface area contributed by atoms with Crippen LogP contribution in [-0.4, -0.2) is 36.6 Å². The third-order valence-corrected chi connectivity index (χ3v) is 2.17. The first kappa shape index (κ1) is 12.3. The summed E-state index contributed by atoms with van der Waals surface area (Å²) in [7, 11) is 3.25. The minimum absolute atomic E-state index is 0.0984. The molecule has 1 aromatic carbocycles. The number of para-hydroxylation sites is 1. The van der Waals surface area contributed by atoms with Crippen LogP contribution < -0.4 is 10.5 Å². The predicted octanol–water partition coefficient (Wildman–Crippen LogP) is 0.318. The number of benzene rings is 1. The Morgan fingerprint density at radius 1 is 1.56 bits per heavy atom. The largest absolute Gasteiger partial charge is 0.504 e. The lowest BCUT2D eigenvalue weighted by Crippen LogP contribution is -2.30. The molecule has 0 aliphatic heterocycles. The third kappa shape index (κ3) is 3.13. The van der Waals surface area contributed by atoms with Crippen molar-refractivity contribution in [1.29, 1.82) is 0 Å². The molecule has 5 heteroatoms. The highest BCUT2D eigenvalue weighted by atomic mass is 16.5. The van der Waals surface area contributed by atoms with E-state index in [1.807, 2.05) is 0 Å². The van der Waals surface area contributed by atoms with Crippen LogP contribution in [0.5, 0.6) is 11.5 Å². The van der Waals surface area contributed by atoms with Crippen molar-refractivity contribution in [1.82, 2.24) is 4.90 Å². The van der Waals surface area contributed by atoms with Gasteiger partial charge in [-0.15, -0.1) is 0 Å². The molecule has 0 atom stereocenters. The summed E-state index contributed by atoms with van der Waals surface area (Å²) in [5, 5.41) is 9.80. The molecule has 0 saturated heterocycles. The maximum absolute atomic E-state index is 10.7. The second kappa shape index (κ2) is 5.37. The topological polar surface area (TPSA) is 75.8 Å². The van der Waals surface area contributed by atoms with Crippen molar-refractivity contribution < 1.29 is 14.6 Å². The van der Waals surface area contributed by atoms with Gasteiger partial charge in [0.25, 0.3) is 0 Å². The number of nitrogens with zero attached hydrogens (tertiary/aromatic N) is 1. The van der Waals surface area contributed by atoms with Crippen molar-refractivity contribution in [2.45, 2.75) is 6.54 Å². The number of nitrogens with two attached hydrogens (primary N) is 1. The first-order chi connectivity index (χ1) is 7.54. The molecule has 3 N–H and O–H groups in total. The van der Waals surface area contributed by atoms with Crippen LogP contribution in [-0.2, 0) is 11.3 Å². The average molecular weight is 224 g/mol. The van der Waals surface area contributed by atoms with E-state index in [0.717, 1.165) is 0 Å². The van der Waals surface area contributed by atoms with Gasteiger partial charge in [-0.3, -0.25) is 9.69 Å². The van der Waals surface area contributed by atoms with Crippen molar-refractivity contribution in [2.75, 3.05) is 20.7 Å². The van der Waals surface area contributed by atoms with Crippen molar-refractivity contribution >= 4 is 5.91 Å². The minimum atomic E-state index is -0.398. The molecule has 0 saturated carbocycles. The fraction of sp³-hybridized carbons (Fsp3) is 0.364. The van der Waals surface area contributed by atoms with Gasteiger partial charge in [0.15, 0.2) is 11.5 Å². The Balaban J connectivity index is 2.77. The number of carbonyl (C=O) groups is 1. The van der Waals surface area contributed by atoms with E-state index < -0.39 is 5.91 Å². The van der Waals surface area contributed by atoms with Gasteiger partial charge in [0.2, 0.25) is 5.91 Å². The summed E-state index contributed by atoms with van der Waals surface area (Å²) in [6, 6.07) is 5.23. The SMILES string of the molecule is COc1cccc(CN(C)CC(N)=O)c1O. The quantitative estimate of drug-likeness (QED) is 0.755. The number of carbonyl (C=O) groups excluding carboxylic acids is 1. The second-order valence-electron chi connectivity index (χ2n) is 3.61. The number of methoxy groups -OCH3 is 1. The maximum atomic E-state index is 10.7. The van der Waals surface area contributed by atoms with Crippen LogP contribution in [0.2, 0.25) is 0 Å². The molecule has 88 valence electrons. The Morgan fingerprint density at radius 2 is 2.25 bits per heavy atom. The summed E-state index contributed by atoms with van der Waals surface area (Å²) >= 11 is 0. The molecule has 1 amide bonds. The fourth-order valence-electron chi connectivity index (χ4n) is 1.47. The number of hydrogen-bond donors (Lipinski definition) is 2. The predicted molar refractivity (Wildman–Crippen MR) is 60.2 cm³/mol. The number of amides is 1. The van der Waals surface area contributed by atoms with Gasteiger partial charge < -0.3 is 15.6 Å². The number of likely N-dealkylation sites (N-methyl/N-ethyl adjacent to an activating group) is 1. The molecular formula is C11H16N2O3. The Labute approximate surface area is 94.4 Å². The number of ether oxygens (including phenoxy) is 1. The average Bonchev–Trinajstić information content (AvgIpc) is 2.20. The van der Waals surface area contributed by atoms with Crippen LogP contribution in [0.4, 0.5) is 0 Å².